The van der Waals surface area contributed by atoms with Crippen molar-refractivity contribution in [1.82, 2.24) is 15.5 Å². The first-order chi connectivity index (χ1) is 14.0. The second-order valence-corrected chi connectivity index (χ2v) is 7.21. The number of likely N-dealkylation sites (tertiary alicyclic amines) is 1. The normalized spacial score (nSPS) is 19.2. The lowest BCUT2D eigenvalue weighted by Crippen LogP contribution is -2.39. The van der Waals surface area contributed by atoms with Gasteiger partial charge in [-0.05, 0) is 17.9 Å². The average Bonchev–Trinajstić information content (AvgIpc) is 3.24. The molecule has 0 spiro atoms. The monoisotopic (exact) mass is 394 g/mol. The van der Waals surface area contributed by atoms with Crippen LogP contribution in [0.5, 0.6) is 0 Å². The number of hydrogen-bond donors (Lipinski definition) is 2. The SMILES string of the molecule is O=C(C[C@@H]1NC(=O)N(c2cccc3ccccc23)C1=O)NCCN1CCCC1=O. The van der Waals surface area contributed by atoms with Gasteiger partial charge in [0, 0.05) is 31.4 Å². The van der Waals surface area contributed by atoms with Crippen LogP contribution >= 0.6 is 0 Å². The molecule has 0 aromatic heterocycles. The molecule has 2 fully saturated rings. The Morgan fingerprint density at radius 2 is 1.90 bits per heavy atom. The van der Waals surface area contributed by atoms with Gasteiger partial charge in [-0.1, -0.05) is 36.4 Å². The van der Waals surface area contributed by atoms with E-state index in [1.54, 1.807) is 17.0 Å². The quantitative estimate of drug-likeness (QED) is 0.724. The van der Waals surface area contributed by atoms with Crippen molar-refractivity contribution in [3.8, 4) is 0 Å². The van der Waals surface area contributed by atoms with E-state index >= 15 is 0 Å². The van der Waals surface area contributed by atoms with Gasteiger partial charge in [0.1, 0.15) is 6.04 Å². The van der Waals surface area contributed by atoms with Crippen LogP contribution in [-0.4, -0.2) is 54.3 Å². The molecule has 0 bridgehead atoms. The molecule has 2 aliphatic heterocycles. The van der Waals surface area contributed by atoms with Crippen molar-refractivity contribution in [2.75, 3.05) is 24.5 Å². The number of amides is 5. The van der Waals surface area contributed by atoms with E-state index in [1.165, 1.54) is 0 Å². The number of rotatable bonds is 6. The summed E-state index contributed by atoms with van der Waals surface area (Å²) in [4.78, 5) is 51.9. The molecular weight excluding hydrogens is 372 g/mol. The highest BCUT2D eigenvalue weighted by atomic mass is 16.2. The first-order valence-corrected chi connectivity index (χ1v) is 9.71. The van der Waals surface area contributed by atoms with E-state index in [9.17, 15) is 19.2 Å². The van der Waals surface area contributed by atoms with Crippen molar-refractivity contribution in [3.63, 3.8) is 0 Å². The minimum Gasteiger partial charge on any atom is -0.354 e. The van der Waals surface area contributed by atoms with E-state index < -0.39 is 18.0 Å². The van der Waals surface area contributed by atoms with Gasteiger partial charge in [-0.2, -0.15) is 0 Å². The number of nitrogens with one attached hydrogen (secondary N) is 2. The third-order valence-corrected chi connectivity index (χ3v) is 5.29. The van der Waals surface area contributed by atoms with Gasteiger partial charge in [0.2, 0.25) is 11.8 Å². The van der Waals surface area contributed by atoms with E-state index in [0.29, 0.717) is 31.7 Å². The van der Waals surface area contributed by atoms with E-state index in [4.69, 9.17) is 0 Å². The molecule has 1 atom stereocenters. The van der Waals surface area contributed by atoms with Crippen LogP contribution in [-0.2, 0) is 14.4 Å². The Balaban J connectivity index is 1.39. The first kappa shape index (κ1) is 18.9. The van der Waals surface area contributed by atoms with Crippen LogP contribution in [0.15, 0.2) is 42.5 Å². The van der Waals surface area contributed by atoms with Crippen molar-refractivity contribution in [3.05, 3.63) is 42.5 Å². The van der Waals surface area contributed by atoms with Gasteiger partial charge in [0.25, 0.3) is 5.91 Å². The highest BCUT2D eigenvalue weighted by Crippen LogP contribution is 2.29. The molecule has 8 heteroatoms. The van der Waals surface area contributed by atoms with Crippen LogP contribution in [0, 0.1) is 0 Å². The minimum atomic E-state index is -0.908. The standard InChI is InChI=1S/C21H22N4O4/c26-18(22-10-12-24-11-4-9-19(24)27)13-16-20(28)25(21(29)23-16)17-8-3-6-14-5-1-2-7-15(14)17/h1-3,5-8,16H,4,9-13H2,(H,22,26)(H,23,29)/t16-/m0/s1. The maximum absolute atomic E-state index is 12.8. The molecular formula is C21H22N4O4. The zero-order valence-electron chi connectivity index (χ0n) is 15.9. The second-order valence-electron chi connectivity index (χ2n) is 7.21. The molecule has 150 valence electrons. The van der Waals surface area contributed by atoms with Crippen molar-refractivity contribution >= 4 is 40.2 Å². The number of hydrogen-bond acceptors (Lipinski definition) is 4. The maximum Gasteiger partial charge on any atom is 0.329 e. The first-order valence-electron chi connectivity index (χ1n) is 9.71. The number of imide groups is 1. The smallest absolute Gasteiger partial charge is 0.329 e. The molecule has 4 rings (SSSR count). The predicted molar refractivity (Wildman–Crippen MR) is 107 cm³/mol. The molecule has 0 unspecified atom stereocenters. The number of carbonyl (C=O) groups is 4. The lowest BCUT2D eigenvalue weighted by Gasteiger charge is -2.16. The van der Waals surface area contributed by atoms with Crippen molar-refractivity contribution < 1.29 is 19.2 Å². The van der Waals surface area contributed by atoms with Crippen LogP contribution in [0.4, 0.5) is 10.5 Å². The summed E-state index contributed by atoms with van der Waals surface area (Å²) in [5.41, 5.74) is 0.501. The highest BCUT2D eigenvalue weighted by molar-refractivity contribution is 6.24. The van der Waals surface area contributed by atoms with Crippen molar-refractivity contribution in [2.24, 2.45) is 0 Å². The van der Waals surface area contributed by atoms with Gasteiger partial charge < -0.3 is 15.5 Å². The van der Waals surface area contributed by atoms with Gasteiger partial charge >= 0.3 is 6.03 Å². The van der Waals surface area contributed by atoms with Crippen molar-refractivity contribution in [2.45, 2.75) is 25.3 Å². The summed E-state index contributed by atoms with van der Waals surface area (Å²) in [5.74, 6) is -0.686. The fraction of sp³-hybridized carbons (Fsp3) is 0.333. The average molecular weight is 394 g/mol. The number of nitrogens with zero attached hydrogens (tertiary/aromatic N) is 2. The zero-order valence-corrected chi connectivity index (χ0v) is 15.9. The number of benzene rings is 2. The summed E-state index contributed by atoms with van der Waals surface area (Å²) in [6.45, 7) is 1.50. The third kappa shape index (κ3) is 3.78. The molecule has 2 saturated heterocycles. The van der Waals surface area contributed by atoms with Crippen LogP contribution in [0.1, 0.15) is 19.3 Å². The van der Waals surface area contributed by atoms with E-state index in [2.05, 4.69) is 10.6 Å². The van der Waals surface area contributed by atoms with Crippen LogP contribution in [0.25, 0.3) is 10.8 Å². The summed E-state index contributed by atoms with van der Waals surface area (Å²) >= 11 is 0. The van der Waals surface area contributed by atoms with E-state index in [0.717, 1.165) is 22.1 Å². The molecule has 0 radical (unpaired) electrons. The minimum absolute atomic E-state index is 0.100. The lowest BCUT2D eigenvalue weighted by atomic mass is 10.1. The summed E-state index contributed by atoms with van der Waals surface area (Å²) < 4.78 is 0. The fourth-order valence-electron chi connectivity index (χ4n) is 3.83. The molecule has 2 heterocycles. The molecule has 8 nitrogen and oxygen atoms in total. The topological polar surface area (TPSA) is 98.8 Å². The largest absolute Gasteiger partial charge is 0.354 e. The Kier molecular flexibility index (Phi) is 5.16. The third-order valence-electron chi connectivity index (χ3n) is 5.29. The van der Waals surface area contributed by atoms with Gasteiger partial charge in [-0.25, -0.2) is 9.69 Å². The Morgan fingerprint density at radius 3 is 2.69 bits per heavy atom. The molecule has 2 aromatic carbocycles. The molecule has 29 heavy (non-hydrogen) atoms. The van der Waals surface area contributed by atoms with Gasteiger partial charge in [0.15, 0.2) is 0 Å². The molecule has 2 aromatic rings. The van der Waals surface area contributed by atoms with E-state index in [1.807, 2.05) is 30.3 Å². The molecule has 2 N–H and O–H groups in total. The molecule has 5 amide bonds. The van der Waals surface area contributed by atoms with Crippen LogP contribution in [0.2, 0.25) is 0 Å². The Labute approximate surface area is 167 Å². The van der Waals surface area contributed by atoms with Gasteiger partial charge in [-0.15, -0.1) is 0 Å². The fourth-order valence-corrected chi connectivity index (χ4v) is 3.83. The summed E-state index contributed by atoms with van der Waals surface area (Å²) in [6, 6.07) is 11.5. The summed E-state index contributed by atoms with van der Waals surface area (Å²) in [6.07, 6.45) is 1.26. The Bertz CT molecular complexity index is 984. The summed E-state index contributed by atoms with van der Waals surface area (Å²) in [5, 5.41) is 7.03. The lowest BCUT2D eigenvalue weighted by molar-refractivity contribution is -0.128. The molecule has 2 aliphatic rings. The van der Waals surface area contributed by atoms with Crippen molar-refractivity contribution in [1.29, 1.82) is 0 Å². The van der Waals surface area contributed by atoms with Crippen LogP contribution in [0.3, 0.4) is 0 Å². The van der Waals surface area contributed by atoms with E-state index in [-0.39, 0.29) is 18.2 Å². The van der Waals surface area contributed by atoms with Crippen LogP contribution < -0.4 is 15.5 Å². The predicted octanol–water partition coefficient (Wildman–Crippen LogP) is 1.39. The van der Waals surface area contributed by atoms with Gasteiger partial charge in [-0.3, -0.25) is 14.4 Å². The number of fused-ring (bicyclic) bond motifs is 1. The van der Waals surface area contributed by atoms with Gasteiger partial charge in [0.05, 0.1) is 12.1 Å². The summed E-state index contributed by atoms with van der Waals surface area (Å²) in [7, 11) is 0. The molecule has 0 saturated carbocycles. The number of anilines is 1. The Hall–Kier alpha value is -3.42. The number of urea groups is 1. The maximum atomic E-state index is 12.8. The number of carbonyl (C=O) groups excluding carboxylic acids is 4. The second kappa shape index (κ2) is 7.90. The zero-order chi connectivity index (χ0) is 20.4. The molecule has 0 aliphatic carbocycles. The Morgan fingerprint density at radius 1 is 1.10 bits per heavy atom. The highest BCUT2D eigenvalue weighted by Gasteiger charge is 2.40.